The Morgan fingerprint density at radius 2 is 1.84 bits per heavy atom. The molecule has 1 heterocycles. The van der Waals surface area contributed by atoms with Gasteiger partial charge in [-0.1, -0.05) is 17.7 Å². The Morgan fingerprint density at radius 1 is 1.20 bits per heavy atom. The van der Waals surface area contributed by atoms with Crippen LogP contribution in [0, 0.1) is 27.7 Å². The van der Waals surface area contributed by atoms with Gasteiger partial charge in [-0.3, -0.25) is 4.72 Å². The van der Waals surface area contributed by atoms with E-state index in [0.717, 1.165) is 11.1 Å². The summed E-state index contributed by atoms with van der Waals surface area (Å²) >= 11 is 0. The zero-order valence-electron chi connectivity index (χ0n) is 15.4. The van der Waals surface area contributed by atoms with Crippen molar-refractivity contribution in [2.24, 2.45) is 7.05 Å². The predicted molar refractivity (Wildman–Crippen MR) is 97.6 cm³/mol. The number of sulfonamides is 1. The molecule has 0 saturated heterocycles. The first-order chi connectivity index (χ1) is 11.6. The molecule has 1 aromatic heterocycles. The molecular formula is C18H24N2O4S. The number of nitrogens with one attached hydrogen (secondary N) is 1. The molecule has 0 spiro atoms. The van der Waals surface area contributed by atoms with Crippen molar-refractivity contribution >= 4 is 21.7 Å². The first-order valence-corrected chi connectivity index (χ1v) is 9.51. The number of carbonyl (C=O) groups excluding carboxylic acids is 1. The Hall–Kier alpha value is -2.28. The molecule has 25 heavy (non-hydrogen) atoms. The molecule has 0 fully saturated rings. The molecule has 0 atom stereocenters. The monoisotopic (exact) mass is 364 g/mol. The molecule has 0 amide bonds. The van der Waals surface area contributed by atoms with Crippen LogP contribution in [0.2, 0.25) is 0 Å². The highest BCUT2D eigenvalue weighted by Crippen LogP contribution is 2.29. The lowest BCUT2D eigenvalue weighted by Gasteiger charge is -2.12. The van der Waals surface area contributed by atoms with Crippen LogP contribution in [0.5, 0.6) is 0 Å². The van der Waals surface area contributed by atoms with Crippen LogP contribution >= 0.6 is 0 Å². The third-order valence-electron chi connectivity index (χ3n) is 4.23. The molecule has 0 bridgehead atoms. The van der Waals surface area contributed by atoms with Crippen molar-refractivity contribution in [3.63, 3.8) is 0 Å². The van der Waals surface area contributed by atoms with Gasteiger partial charge in [0.2, 0.25) is 0 Å². The molecule has 136 valence electrons. The summed E-state index contributed by atoms with van der Waals surface area (Å²) in [4.78, 5) is 12.3. The van der Waals surface area contributed by atoms with Crippen LogP contribution in [0.3, 0.4) is 0 Å². The highest BCUT2D eigenvalue weighted by molar-refractivity contribution is 7.92. The second kappa shape index (κ2) is 6.92. The van der Waals surface area contributed by atoms with Crippen LogP contribution in [-0.2, 0) is 21.8 Å². The average molecular weight is 364 g/mol. The summed E-state index contributed by atoms with van der Waals surface area (Å²) in [6, 6.07) is 5.49. The molecule has 7 heteroatoms. The van der Waals surface area contributed by atoms with E-state index in [9.17, 15) is 13.2 Å². The Balaban J connectivity index is 2.53. The van der Waals surface area contributed by atoms with Crippen LogP contribution in [0.25, 0.3) is 0 Å². The minimum absolute atomic E-state index is 0.109. The SMILES string of the molecule is CCOC(=O)c1c(C)c(S(=O)(=O)Nc2ccc(C)cc2C)c(C)n1C. The number of hydrogen-bond donors (Lipinski definition) is 1. The van der Waals surface area contributed by atoms with Crippen molar-refractivity contribution in [2.75, 3.05) is 11.3 Å². The zero-order valence-corrected chi connectivity index (χ0v) is 16.2. The number of esters is 1. The summed E-state index contributed by atoms with van der Waals surface area (Å²) in [5.74, 6) is -0.529. The molecule has 2 aromatic rings. The number of aryl methyl sites for hydroxylation is 2. The van der Waals surface area contributed by atoms with Crippen molar-refractivity contribution in [1.82, 2.24) is 4.57 Å². The number of rotatable bonds is 5. The molecule has 6 nitrogen and oxygen atoms in total. The molecule has 0 radical (unpaired) electrons. The number of carbonyl (C=O) groups is 1. The van der Waals surface area contributed by atoms with Gasteiger partial charge in [-0.05, 0) is 46.2 Å². The van der Waals surface area contributed by atoms with E-state index in [0.29, 0.717) is 16.9 Å². The van der Waals surface area contributed by atoms with Gasteiger partial charge in [0.15, 0.2) is 0 Å². The summed E-state index contributed by atoms with van der Waals surface area (Å²) in [5, 5.41) is 0. The minimum Gasteiger partial charge on any atom is -0.461 e. The first kappa shape index (κ1) is 19.1. The lowest BCUT2D eigenvalue weighted by molar-refractivity contribution is 0.0514. The first-order valence-electron chi connectivity index (χ1n) is 8.03. The minimum atomic E-state index is -3.84. The molecular weight excluding hydrogens is 340 g/mol. The highest BCUT2D eigenvalue weighted by atomic mass is 32.2. The zero-order chi connectivity index (χ0) is 18.9. The second-order valence-electron chi connectivity index (χ2n) is 6.09. The summed E-state index contributed by atoms with van der Waals surface area (Å²) in [6.45, 7) is 9.03. The van der Waals surface area contributed by atoms with Gasteiger partial charge < -0.3 is 9.30 Å². The maximum absolute atomic E-state index is 12.9. The second-order valence-corrected chi connectivity index (χ2v) is 7.71. The number of anilines is 1. The van der Waals surface area contributed by atoms with Gasteiger partial charge in [-0.2, -0.15) is 0 Å². The van der Waals surface area contributed by atoms with E-state index in [-0.39, 0.29) is 17.2 Å². The largest absolute Gasteiger partial charge is 0.461 e. The fourth-order valence-corrected chi connectivity index (χ4v) is 4.61. The lowest BCUT2D eigenvalue weighted by atomic mass is 10.1. The molecule has 1 aromatic carbocycles. The van der Waals surface area contributed by atoms with Crippen molar-refractivity contribution in [2.45, 2.75) is 39.5 Å². The Labute approximate surface area is 148 Å². The molecule has 0 aliphatic rings. The molecule has 1 N–H and O–H groups in total. The van der Waals surface area contributed by atoms with Gasteiger partial charge in [-0.15, -0.1) is 0 Å². The van der Waals surface area contributed by atoms with Gasteiger partial charge in [0.25, 0.3) is 10.0 Å². The van der Waals surface area contributed by atoms with Gasteiger partial charge in [-0.25, -0.2) is 13.2 Å². The van der Waals surface area contributed by atoms with Crippen molar-refractivity contribution in [1.29, 1.82) is 0 Å². The fourth-order valence-electron chi connectivity index (χ4n) is 2.96. The number of benzene rings is 1. The van der Waals surface area contributed by atoms with Crippen LogP contribution in [0.15, 0.2) is 23.1 Å². The van der Waals surface area contributed by atoms with Gasteiger partial charge in [0, 0.05) is 18.3 Å². The normalized spacial score (nSPS) is 11.4. The van der Waals surface area contributed by atoms with Gasteiger partial charge in [0.05, 0.1) is 12.3 Å². The van der Waals surface area contributed by atoms with Crippen LogP contribution in [-0.4, -0.2) is 25.6 Å². The van der Waals surface area contributed by atoms with E-state index in [2.05, 4.69) is 4.72 Å². The van der Waals surface area contributed by atoms with Gasteiger partial charge >= 0.3 is 5.97 Å². The molecule has 0 unspecified atom stereocenters. The Morgan fingerprint density at radius 3 is 2.40 bits per heavy atom. The molecule has 2 rings (SSSR count). The number of nitrogens with zero attached hydrogens (tertiary/aromatic N) is 1. The smallest absolute Gasteiger partial charge is 0.355 e. The maximum atomic E-state index is 12.9. The maximum Gasteiger partial charge on any atom is 0.355 e. The number of hydrogen-bond acceptors (Lipinski definition) is 4. The fraction of sp³-hybridized carbons (Fsp3) is 0.389. The third kappa shape index (κ3) is 3.56. The van der Waals surface area contributed by atoms with E-state index in [4.69, 9.17) is 4.74 Å². The summed E-state index contributed by atoms with van der Waals surface area (Å²) in [6.07, 6.45) is 0. The van der Waals surface area contributed by atoms with E-state index >= 15 is 0 Å². The summed E-state index contributed by atoms with van der Waals surface area (Å²) in [5.41, 5.74) is 3.53. The summed E-state index contributed by atoms with van der Waals surface area (Å²) in [7, 11) is -2.18. The average Bonchev–Trinajstić information content (AvgIpc) is 2.73. The van der Waals surface area contributed by atoms with Gasteiger partial charge in [0.1, 0.15) is 10.6 Å². The van der Waals surface area contributed by atoms with E-state index in [1.807, 2.05) is 26.0 Å². The summed E-state index contributed by atoms with van der Waals surface area (Å²) < 4.78 is 35.1. The van der Waals surface area contributed by atoms with Crippen molar-refractivity contribution in [3.05, 3.63) is 46.3 Å². The number of ether oxygens (including phenoxy) is 1. The van der Waals surface area contributed by atoms with Crippen molar-refractivity contribution in [3.8, 4) is 0 Å². The third-order valence-corrected chi connectivity index (χ3v) is 5.85. The van der Waals surface area contributed by atoms with Crippen LogP contribution in [0.1, 0.15) is 39.8 Å². The van der Waals surface area contributed by atoms with E-state index in [1.54, 1.807) is 38.5 Å². The molecule has 0 aliphatic heterocycles. The van der Waals surface area contributed by atoms with E-state index < -0.39 is 16.0 Å². The predicted octanol–water partition coefficient (Wildman–Crippen LogP) is 3.24. The highest BCUT2D eigenvalue weighted by Gasteiger charge is 2.29. The van der Waals surface area contributed by atoms with Crippen LogP contribution < -0.4 is 4.72 Å². The quantitative estimate of drug-likeness (QED) is 0.826. The topological polar surface area (TPSA) is 77.4 Å². The Kier molecular flexibility index (Phi) is 5.27. The van der Waals surface area contributed by atoms with E-state index in [1.165, 1.54) is 0 Å². The number of aromatic nitrogens is 1. The van der Waals surface area contributed by atoms with Crippen LogP contribution in [0.4, 0.5) is 5.69 Å². The Bertz CT molecular complexity index is 927. The lowest BCUT2D eigenvalue weighted by Crippen LogP contribution is -2.15. The molecule has 0 aliphatic carbocycles. The van der Waals surface area contributed by atoms with Crippen molar-refractivity contribution < 1.29 is 17.9 Å². The molecule has 0 saturated carbocycles. The standard InChI is InChI=1S/C18H24N2O4S/c1-7-24-18(21)16-13(4)17(14(5)20(16)6)25(22,23)19-15-9-8-11(2)10-12(15)3/h8-10,19H,7H2,1-6H3.